The van der Waals surface area contributed by atoms with Gasteiger partial charge in [-0.15, -0.1) is 0 Å². The van der Waals surface area contributed by atoms with E-state index in [1.54, 1.807) is 7.11 Å². The van der Waals surface area contributed by atoms with Crippen molar-refractivity contribution in [3.63, 3.8) is 0 Å². The first kappa shape index (κ1) is 17.9. The number of aromatic nitrogens is 1. The minimum Gasteiger partial charge on any atom is -0.497 e. The van der Waals surface area contributed by atoms with Crippen LogP contribution in [0.1, 0.15) is 29.9 Å². The smallest absolute Gasteiger partial charge is 0.310 e. The van der Waals surface area contributed by atoms with Crippen LogP contribution >= 0.6 is 0 Å². The number of likely N-dealkylation sites (tertiary alicyclic amines) is 1. The molecule has 0 bridgehead atoms. The third kappa shape index (κ3) is 3.70. The molecular weight excluding hydrogens is 334 g/mol. The quantitative estimate of drug-likeness (QED) is 0.623. The fourth-order valence-electron chi connectivity index (χ4n) is 3.49. The second-order valence-electron chi connectivity index (χ2n) is 6.51. The summed E-state index contributed by atoms with van der Waals surface area (Å²) in [6.45, 7) is 2.60. The van der Waals surface area contributed by atoms with Crippen molar-refractivity contribution in [1.82, 2.24) is 9.88 Å². The average Bonchev–Trinajstić information content (AvgIpc) is 2.63. The number of nitrogen functional groups attached to an aromatic ring is 2. The SMILES string of the molecule is COc1ccc(CN2CCC(c3c(N)ncc([N+](=O)[O-])c3N)CC2)cc1. The van der Waals surface area contributed by atoms with Gasteiger partial charge in [-0.2, -0.15) is 0 Å². The van der Waals surface area contributed by atoms with Crippen LogP contribution in [0.15, 0.2) is 30.5 Å². The van der Waals surface area contributed by atoms with Gasteiger partial charge >= 0.3 is 5.69 Å². The maximum absolute atomic E-state index is 11.1. The van der Waals surface area contributed by atoms with E-state index in [4.69, 9.17) is 16.2 Å². The van der Waals surface area contributed by atoms with Crippen molar-refractivity contribution in [2.75, 3.05) is 31.7 Å². The summed E-state index contributed by atoms with van der Waals surface area (Å²) in [5, 5.41) is 11.1. The van der Waals surface area contributed by atoms with Crippen molar-refractivity contribution >= 4 is 17.2 Å². The molecule has 1 aliphatic rings. The molecule has 1 saturated heterocycles. The number of rotatable bonds is 5. The van der Waals surface area contributed by atoms with E-state index < -0.39 is 4.92 Å². The number of benzene rings is 1. The number of methoxy groups -OCH3 is 1. The number of hydrogen-bond acceptors (Lipinski definition) is 7. The number of pyridine rings is 1. The van der Waals surface area contributed by atoms with Gasteiger partial charge in [0.05, 0.1) is 12.0 Å². The average molecular weight is 357 g/mol. The van der Waals surface area contributed by atoms with E-state index in [2.05, 4.69) is 22.0 Å². The molecule has 8 heteroatoms. The Morgan fingerprint density at radius 3 is 2.50 bits per heavy atom. The molecule has 0 unspecified atom stereocenters. The van der Waals surface area contributed by atoms with Gasteiger partial charge in [-0.25, -0.2) is 4.98 Å². The largest absolute Gasteiger partial charge is 0.497 e. The third-order valence-corrected chi connectivity index (χ3v) is 4.93. The van der Waals surface area contributed by atoms with Crippen molar-refractivity contribution in [3.05, 3.63) is 51.7 Å². The highest BCUT2D eigenvalue weighted by Gasteiger charge is 2.28. The number of anilines is 2. The van der Waals surface area contributed by atoms with E-state index in [9.17, 15) is 10.1 Å². The predicted molar refractivity (Wildman–Crippen MR) is 100.0 cm³/mol. The molecule has 0 amide bonds. The molecule has 26 heavy (non-hydrogen) atoms. The summed E-state index contributed by atoms with van der Waals surface area (Å²) in [6.07, 6.45) is 2.81. The fourth-order valence-corrected chi connectivity index (χ4v) is 3.49. The summed E-state index contributed by atoms with van der Waals surface area (Å²) >= 11 is 0. The molecule has 2 heterocycles. The van der Waals surface area contributed by atoms with Crippen LogP contribution in [0.4, 0.5) is 17.2 Å². The molecule has 4 N–H and O–H groups in total. The van der Waals surface area contributed by atoms with E-state index >= 15 is 0 Å². The Kier molecular flexibility index (Phi) is 5.22. The van der Waals surface area contributed by atoms with E-state index in [1.807, 2.05) is 12.1 Å². The summed E-state index contributed by atoms with van der Waals surface area (Å²) in [4.78, 5) is 16.9. The van der Waals surface area contributed by atoms with Crippen LogP contribution in [0.2, 0.25) is 0 Å². The van der Waals surface area contributed by atoms with Crippen LogP contribution < -0.4 is 16.2 Å². The van der Waals surface area contributed by atoms with Gasteiger partial charge in [-0.05, 0) is 49.5 Å². The highest BCUT2D eigenvalue weighted by molar-refractivity contribution is 5.69. The van der Waals surface area contributed by atoms with Crippen molar-refractivity contribution in [3.8, 4) is 5.75 Å². The molecule has 1 aromatic carbocycles. The summed E-state index contributed by atoms with van der Waals surface area (Å²) in [7, 11) is 1.65. The van der Waals surface area contributed by atoms with E-state index in [1.165, 1.54) is 5.56 Å². The second kappa shape index (κ2) is 7.57. The molecule has 1 aromatic heterocycles. The van der Waals surface area contributed by atoms with Gasteiger partial charge in [-0.3, -0.25) is 15.0 Å². The Hall–Kier alpha value is -2.87. The van der Waals surface area contributed by atoms with Gasteiger partial charge < -0.3 is 16.2 Å². The molecule has 0 aliphatic carbocycles. The Morgan fingerprint density at radius 1 is 1.27 bits per heavy atom. The molecule has 8 nitrogen and oxygen atoms in total. The van der Waals surface area contributed by atoms with Crippen molar-refractivity contribution in [2.24, 2.45) is 0 Å². The summed E-state index contributed by atoms with van der Waals surface area (Å²) < 4.78 is 5.18. The number of piperidine rings is 1. The number of hydrogen-bond donors (Lipinski definition) is 2. The van der Waals surface area contributed by atoms with Crippen LogP contribution in [0, 0.1) is 10.1 Å². The lowest BCUT2D eigenvalue weighted by atomic mass is 9.88. The Bertz CT molecular complexity index is 786. The Labute approximate surface area is 151 Å². The van der Waals surface area contributed by atoms with Gasteiger partial charge in [0.1, 0.15) is 23.5 Å². The minimum atomic E-state index is -0.510. The van der Waals surface area contributed by atoms with Crippen molar-refractivity contribution < 1.29 is 9.66 Å². The molecular formula is C18H23N5O3. The highest BCUT2D eigenvalue weighted by atomic mass is 16.6. The van der Waals surface area contributed by atoms with E-state index in [0.717, 1.165) is 44.4 Å². The Morgan fingerprint density at radius 2 is 1.92 bits per heavy atom. The molecule has 0 atom stereocenters. The van der Waals surface area contributed by atoms with Crippen molar-refractivity contribution in [1.29, 1.82) is 0 Å². The molecule has 0 spiro atoms. The standard InChI is InChI=1S/C18H23N5O3/c1-26-14-4-2-12(3-5-14)11-22-8-6-13(7-9-22)16-17(19)15(23(24)25)10-21-18(16)20/h2-5,10,13H,6-9,11H2,1H3,(H4,19,20,21). The first-order valence-corrected chi connectivity index (χ1v) is 8.53. The van der Waals surface area contributed by atoms with E-state index in [0.29, 0.717) is 11.4 Å². The topological polar surface area (TPSA) is 121 Å². The zero-order chi connectivity index (χ0) is 18.7. The maximum atomic E-state index is 11.1. The van der Waals surface area contributed by atoms with Gasteiger partial charge in [0.15, 0.2) is 0 Å². The first-order valence-electron chi connectivity index (χ1n) is 8.53. The number of ether oxygens (including phenoxy) is 1. The maximum Gasteiger partial charge on any atom is 0.310 e. The zero-order valence-corrected chi connectivity index (χ0v) is 14.7. The molecule has 2 aromatic rings. The first-order chi connectivity index (χ1) is 12.5. The fraction of sp³-hybridized carbons (Fsp3) is 0.389. The second-order valence-corrected chi connectivity index (χ2v) is 6.51. The zero-order valence-electron chi connectivity index (χ0n) is 14.7. The minimum absolute atomic E-state index is 0.0921. The monoisotopic (exact) mass is 357 g/mol. The molecule has 0 saturated carbocycles. The molecule has 1 aliphatic heterocycles. The normalized spacial score (nSPS) is 15.7. The van der Waals surface area contributed by atoms with Gasteiger partial charge in [-0.1, -0.05) is 12.1 Å². The lowest BCUT2D eigenvalue weighted by molar-refractivity contribution is -0.384. The molecule has 3 rings (SSSR count). The van der Waals surface area contributed by atoms with Crippen LogP contribution in [-0.4, -0.2) is 35.0 Å². The Balaban J connectivity index is 1.67. The number of nitrogens with two attached hydrogens (primary N) is 2. The van der Waals surface area contributed by atoms with Gasteiger partial charge in [0.2, 0.25) is 0 Å². The highest BCUT2D eigenvalue weighted by Crippen LogP contribution is 2.38. The summed E-state index contributed by atoms with van der Waals surface area (Å²) in [5.74, 6) is 1.23. The third-order valence-electron chi connectivity index (χ3n) is 4.93. The summed E-state index contributed by atoms with van der Waals surface area (Å²) in [5.41, 5.74) is 13.8. The van der Waals surface area contributed by atoms with Crippen molar-refractivity contribution in [2.45, 2.75) is 25.3 Å². The summed E-state index contributed by atoms with van der Waals surface area (Å²) in [6, 6.07) is 8.03. The van der Waals surface area contributed by atoms with Crippen LogP contribution in [-0.2, 0) is 6.54 Å². The molecule has 0 radical (unpaired) electrons. The lowest BCUT2D eigenvalue weighted by Gasteiger charge is -2.32. The van der Waals surface area contributed by atoms with Crippen LogP contribution in [0.3, 0.4) is 0 Å². The molecule has 1 fully saturated rings. The number of nitrogens with zero attached hydrogens (tertiary/aromatic N) is 3. The van der Waals surface area contributed by atoms with Gasteiger partial charge in [0, 0.05) is 12.1 Å². The lowest BCUT2D eigenvalue weighted by Crippen LogP contribution is -2.33. The van der Waals surface area contributed by atoms with E-state index in [-0.39, 0.29) is 17.3 Å². The number of nitro groups is 1. The van der Waals surface area contributed by atoms with Crippen LogP contribution in [0.25, 0.3) is 0 Å². The predicted octanol–water partition coefficient (Wildman–Crippen LogP) is 2.54. The van der Waals surface area contributed by atoms with Gasteiger partial charge in [0.25, 0.3) is 0 Å². The van der Waals surface area contributed by atoms with Crippen LogP contribution in [0.5, 0.6) is 5.75 Å². The molecule has 138 valence electrons.